The molecule has 3 atom stereocenters. The maximum atomic E-state index is 13.2. The Morgan fingerprint density at radius 1 is 1.14 bits per heavy atom. The molecule has 1 aliphatic carbocycles. The van der Waals surface area contributed by atoms with Crippen LogP contribution in [0.5, 0.6) is 0 Å². The lowest BCUT2D eigenvalue weighted by Gasteiger charge is -2.38. The summed E-state index contributed by atoms with van der Waals surface area (Å²) in [4.78, 5) is 52.2. The van der Waals surface area contributed by atoms with Gasteiger partial charge in [-0.3, -0.25) is 24.6 Å². The van der Waals surface area contributed by atoms with Gasteiger partial charge in [0.25, 0.3) is 5.91 Å². The number of rotatable bonds is 4. The van der Waals surface area contributed by atoms with E-state index in [0.29, 0.717) is 24.9 Å². The van der Waals surface area contributed by atoms with Crippen molar-refractivity contribution in [2.45, 2.75) is 56.9 Å². The largest absolute Gasteiger partial charge is 0.471 e. The van der Waals surface area contributed by atoms with Crippen LogP contribution in [-0.4, -0.2) is 71.1 Å². The lowest BCUT2D eigenvalue weighted by Crippen LogP contribution is -2.54. The van der Waals surface area contributed by atoms with Crippen molar-refractivity contribution >= 4 is 29.5 Å². The van der Waals surface area contributed by atoms with Gasteiger partial charge in [0.1, 0.15) is 5.84 Å². The van der Waals surface area contributed by atoms with Crippen LogP contribution in [0.25, 0.3) is 0 Å². The Morgan fingerprint density at radius 3 is 2.51 bits per heavy atom. The van der Waals surface area contributed by atoms with Gasteiger partial charge < -0.3 is 20.4 Å². The van der Waals surface area contributed by atoms with E-state index in [-0.39, 0.29) is 53.9 Å². The minimum absolute atomic E-state index is 0.0138. The first-order valence-electron chi connectivity index (χ1n) is 11.4. The number of fused-ring (bicyclic) bond motifs is 1. The summed E-state index contributed by atoms with van der Waals surface area (Å²) in [6.07, 6.45) is -1.84. The van der Waals surface area contributed by atoms with Crippen molar-refractivity contribution in [2.24, 2.45) is 5.92 Å². The van der Waals surface area contributed by atoms with Crippen molar-refractivity contribution in [1.82, 2.24) is 20.4 Å². The van der Waals surface area contributed by atoms with Crippen LogP contribution in [0.2, 0.25) is 0 Å². The van der Waals surface area contributed by atoms with E-state index in [1.165, 1.54) is 22.3 Å². The fourth-order valence-corrected chi connectivity index (χ4v) is 5.00. The second kappa shape index (κ2) is 9.31. The molecule has 2 heterocycles. The number of likely N-dealkylation sites (tertiary alicyclic amines) is 1. The standard InChI is InChI=1S/C23H26F3N5O4/c1-30-10-14(9-18(30)32)20(33)28-16-4-2-3-5-17(16)31-11-13-7-6-12(8-15(13)21(31)34)19(27)29-22(35)23(24,25)26/h6-8,14,16-17H,2-5,9-11H2,1H3,(H,28,33)(H2,27,29,35). The highest BCUT2D eigenvalue weighted by Gasteiger charge is 2.41. The van der Waals surface area contributed by atoms with Crippen LogP contribution in [0.4, 0.5) is 13.2 Å². The molecule has 2 fully saturated rings. The molecule has 0 aromatic heterocycles. The smallest absolute Gasteiger partial charge is 0.351 e. The minimum atomic E-state index is -5.13. The number of halogens is 3. The molecule has 1 saturated heterocycles. The Balaban J connectivity index is 1.46. The zero-order valence-corrected chi connectivity index (χ0v) is 19.1. The fourth-order valence-electron chi connectivity index (χ4n) is 5.00. The summed E-state index contributed by atoms with van der Waals surface area (Å²) >= 11 is 0. The van der Waals surface area contributed by atoms with E-state index in [0.717, 1.165) is 12.8 Å². The van der Waals surface area contributed by atoms with E-state index >= 15 is 0 Å². The highest BCUT2D eigenvalue weighted by atomic mass is 19.4. The summed E-state index contributed by atoms with van der Waals surface area (Å²) in [6, 6.07) is 3.72. The number of benzene rings is 1. The van der Waals surface area contributed by atoms with Gasteiger partial charge in [0.15, 0.2) is 0 Å². The summed E-state index contributed by atoms with van der Waals surface area (Å²) in [5.74, 6) is -4.06. The first-order valence-corrected chi connectivity index (χ1v) is 11.4. The van der Waals surface area contributed by atoms with Crippen molar-refractivity contribution in [3.8, 4) is 0 Å². The molecule has 1 aromatic rings. The van der Waals surface area contributed by atoms with Crippen molar-refractivity contribution < 1.29 is 32.3 Å². The molecule has 35 heavy (non-hydrogen) atoms. The summed E-state index contributed by atoms with van der Waals surface area (Å²) in [5.41, 5.74) is 0.902. The number of amides is 4. The maximum absolute atomic E-state index is 13.2. The number of hydrogen-bond acceptors (Lipinski definition) is 5. The predicted octanol–water partition coefficient (Wildman–Crippen LogP) is 1.55. The number of amidine groups is 1. The number of carbonyl (C=O) groups excluding carboxylic acids is 4. The third kappa shape index (κ3) is 5.01. The normalized spacial score (nSPS) is 24.4. The van der Waals surface area contributed by atoms with Gasteiger partial charge >= 0.3 is 12.1 Å². The molecule has 188 valence electrons. The van der Waals surface area contributed by atoms with Crippen LogP contribution in [0.15, 0.2) is 18.2 Å². The number of carbonyl (C=O) groups is 4. The van der Waals surface area contributed by atoms with Crippen LogP contribution in [-0.2, 0) is 20.9 Å². The van der Waals surface area contributed by atoms with Gasteiger partial charge in [-0.25, -0.2) is 0 Å². The summed E-state index contributed by atoms with van der Waals surface area (Å²) in [7, 11) is 1.65. The maximum Gasteiger partial charge on any atom is 0.471 e. The van der Waals surface area contributed by atoms with E-state index in [2.05, 4.69) is 5.32 Å². The lowest BCUT2D eigenvalue weighted by molar-refractivity contribution is -0.171. The van der Waals surface area contributed by atoms with Crippen molar-refractivity contribution in [1.29, 1.82) is 5.41 Å². The Morgan fingerprint density at radius 2 is 1.86 bits per heavy atom. The Bertz CT molecular complexity index is 1090. The molecule has 3 N–H and O–H groups in total. The fraction of sp³-hybridized carbons (Fsp3) is 0.522. The Hall–Kier alpha value is -3.44. The number of nitrogens with one attached hydrogen (secondary N) is 3. The zero-order chi connectivity index (χ0) is 25.5. The van der Waals surface area contributed by atoms with Crippen LogP contribution < -0.4 is 10.6 Å². The molecule has 1 aromatic carbocycles. The second-order valence-corrected chi connectivity index (χ2v) is 9.27. The van der Waals surface area contributed by atoms with Crippen molar-refractivity contribution in [3.05, 3.63) is 34.9 Å². The monoisotopic (exact) mass is 493 g/mol. The summed E-state index contributed by atoms with van der Waals surface area (Å²) in [6.45, 7) is 0.633. The molecule has 3 unspecified atom stereocenters. The number of nitrogens with zero attached hydrogens (tertiary/aromatic N) is 2. The molecular weight excluding hydrogens is 467 g/mol. The average Bonchev–Trinajstić information content (AvgIpc) is 3.32. The molecule has 0 spiro atoms. The van der Waals surface area contributed by atoms with Gasteiger partial charge in [-0.1, -0.05) is 25.0 Å². The van der Waals surface area contributed by atoms with Crippen LogP contribution >= 0.6 is 0 Å². The molecule has 0 radical (unpaired) electrons. The molecule has 4 amide bonds. The van der Waals surface area contributed by atoms with Gasteiger partial charge in [-0.05, 0) is 24.5 Å². The van der Waals surface area contributed by atoms with Gasteiger partial charge in [0, 0.05) is 43.7 Å². The number of alkyl halides is 3. The molecule has 2 aliphatic heterocycles. The SMILES string of the molecule is CN1CC(C(=O)NC2CCCCC2N2Cc3ccc(C(=N)NC(=O)C(F)(F)F)cc3C2=O)CC1=O. The van der Waals surface area contributed by atoms with E-state index in [9.17, 15) is 32.3 Å². The third-order valence-corrected chi connectivity index (χ3v) is 6.90. The molecule has 4 rings (SSSR count). The molecule has 0 bridgehead atoms. The molecule has 12 heteroatoms. The molecule has 3 aliphatic rings. The zero-order valence-electron chi connectivity index (χ0n) is 19.1. The minimum Gasteiger partial charge on any atom is -0.351 e. The first kappa shape index (κ1) is 24.7. The average molecular weight is 493 g/mol. The topological polar surface area (TPSA) is 123 Å². The van der Waals surface area contributed by atoms with Gasteiger partial charge in [0.2, 0.25) is 11.8 Å². The highest BCUT2D eigenvalue weighted by Crippen LogP contribution is 2.32. The van der Waals surface area contributed by atoms with E-state index in [4.69, 9.17) is 5.41 Å². The summed E-state index contributed by atoms with van der Waals surface area (Å²) < 4.78 is 37.5. The van der Waals surface area contributed by atoms with Crippen molar-refractivity contribution in [3.63, 3.8) is 0 Å². The van der Waals surface area contributed by atoms with Gasteiger partial charge in [-0.15, -0.1) is 0 Å². The quantitative estimate of drug-likeness (QED) is 0.435. The first-order chi connectivity index (χ1) is 16.5. The highest BCUT2D eigenvalue weighted by molar-refractivity contribution is 6.09. The van der Waals surface area contributed by atoms with Gasteiger partial charge in [0.05, 0.1) is 12.0 Å². The van der Waals surface area contributed by atoms with Crippen LogP contribution in [0.3, 0.4) is 0 Å². The van der Waals surface area contributed by atoms with E-state index < -0.39 is 23.8 Å². The molecular formula is C23H26F3N5O4. The van der Waals surface area contributed by atoms with Crippen LogP contribution in [0.1, 0.15) is 53.6 Å². The second-order valence-electron chi connectivity index (χ2n) is 9.27. The Kier molecular flexibility index (Phi) is 6.56. The molecule has 9 nitrogen and oxygen atoms in total. The third-order valence-electron chi connectivity index (χ3n) is 6.90. The van der Waals surface area contributed by atoms with E-state index in [1.54, 1.807) is 18.0 Å². The Labute approximate surface area is 199 Å². The number of hydrogen-bond donors (Lipinski definition) is 3. The van der Waals surface area contributed by atoms with Gasteiger partial charge in [-0.2, -0.15) is 13.2 Å². The molecule has 1 saturated carbocycles. The van der Waals surface area contributed by atoms with Crippen LogP contribution in [0, 0.1) is 11.3 Å². The lowest BCUT2D eigenvalue weighted by atomic mass is 9.88. The predicted molar refractivity (Wildman–Crippen MR) is 117 cm³/mol. The summed E-state index contributed by atoms with van der Waals surface area (Å²) in [5, 5.41) is 12.3. The van der Waals surface area contributed by atoms with E-state index in [1.807, 2.05) is 0 Å². The van der Waals surface area contributed by atoms with Crippen molar-refractivity contribution in [2.75, 3.05) is 13.6 Å².